The highest BCUT2D eigenvalue weighted by atomic mass is 16.5. The molecule has 1 aliphatic carbocycles. The molecule has 2 rings (SSSR count). The zero-order valence-electron chi connectivity index (χ0n) is 15.5. The van der Waals surface area contributed by atoms with E-state index in [1.54, 1.807) is 21.3 Å². The first kappa shape index (κ1) is 18.4. The van der Waals surface area contributed by atoms with Crippen molar-refractivity contribution in [1.82, 2.24) is 0 Å². The third kappa shape index (κ3) is 3.58. The second kappa shape index (κ2) is 7.73. The van der Waals surface area contributed by atoms with E-state index in [9.17, 15) is 4.79 Å². The zero-order valence-corrected chi connectivity index (χ0v) is 15.5. The van der Waals surface area contributed by atoms with Crippen molar-refractivity contribution in [2.75, 3.05) is 21.3 Å². The third-order valence-corrected chi connectivity index (χ3v) is 4.88. The Morgan fingerprint density at radius 1 is 1.04 bits per heavy atom. The number of carbonyl (C=O) groups is 1. The summed E-state index contributed by atoms with van der Waals surface area (Å²) >= 11 is 0. The van der Waals surface area contributed by atoms with Crippen LogP contribution in [0.2, 0.25) is 0 Å². The molecule has 1 saturated carbocycles. The Morgan fingerprint density at radius 2 is 1.62 bits per heavy atom. The van der Waals surface area contributed by atoms with Crippen molar-refractivity contribution >= 4 is 11.9 Å². The zero-order chi connectivity index (χ0) is 17.9. The molecule has 0 heterocycles. The van der Waals surface area contributed by atoms with Crippen LogP contribution in [0.15, 0.2) is 17.7 Å². The van der Waals surface area contributed by atoms with Crippen LogP contribution in [0.1, 0.15) is 39.2 Å². The van der Waals surface area contributed by atoms with Gasteiger partial charge in [0.25, 0.3) is 0 Å². The topological polar surface area (TPSA) is 44.8 Å². The van der Waals surface area contributed by atoms with E-state index in [-0.39, 0.29) is 17.6 Å². The Labute approximate surface area is 144 Å². The summed E-state index contributed by atoms with van der Waals surface area (Å²) in [6.07, 6.45) is 4.00. The lowest BCUT2D eigenvalue weighted by Crippen LogP contribution is -2.30. The molecule has 1 aliphatic rings. The molecule has 4 nitrogen and oxygen atoms in total. The number of Topliss-reactive ketones (excluding diaryl/α,β-unsaturated/α-hetero) is 1. The van der Waals surface area contributed by atoms with Gasteiger partial charge in [-0.25, -0.2) is 0 Å². The quantitative estimate of drug-likeness (QED) is 0.751. The molecule has 2 atom stereocenters. The van der Waals surface area contributed by atoms with Gasteiger partial charge in [0, 0.05) is 5.92 Å². The van der Waals surface area contributed by atoms with Crippen molar-refractivity contribution in [3.05, 3.63) is 23.3 Å². The molecule has 1 fully saturated rings. The molecule has 1 aromatic rings. The number of ether oxygens (including phenoxy) is 3. The highest BCUT2D eigenvalue weighted by molar-refractivity contribution is 6.02. The second-order valence-corrected chi connectivity index (χ2v) is 6.75. The van der Waals surface area contributed by atoms with E-state index < -0.39 is 0 Å². The fraction of sp³-hybridized carbons (Fsp3) is 0.550. The average Bonchev–Trinajstić information content (AvgIpc) is 2.57. The van der Waals surface area contributed by atoms with Crippen molar-refractivity contribution in [2.45, 2.75) is 33.6 Å². The number of methoxy groups -OCH3 is 3. The van der Waals surface area contributed by atoms with E-state index >= 15 is 0 Å². The van der Waals surface area contributed by atoms with Crippen molar-refractivity contribution in [2.24, 2.45) is 17.8 Å². The van der Waals surface area contributed by atoms with Gasteiger partial charge in [-0.15, -0.1) is 0 Å². The van der Waals surface area contributed by atoms with Gasteiger partial charge in [0.15, 0.2) is 17.3 Å². The molecule has 0 aliphatic heterocycles. The first-order valence-corrected chi connectivity index (χ1v) is 8.48. The number of hydrogen-bond donors (Lipinski definition) is 0. The van der Waals surface area contributed by atoms with E-state index in [1.807, 2.05) is 18.2 Å². The largest absolute Gasteiger partial charge is 0.493 e. The van der Waals surface area contributed by atoms with Gasteiger partial charge in [-0.3, -0.25) is 4.79 Å². The molecule has 0 N–H and O–H groups in total. The molecule has 0 unspecified atom stereocenters. The van der Waals surface area contributed by atoms with Crippen LogP contribution >= 0.6 is 0 Å². The standard InChI is InChI=1S/C20H28O4/c1-12(2)15-8-7-13(3)16(19(15)21)9-14-10-17(22-4)20(24-6)18(11-14)23-5/h9-13,15H,7-8H2,1-6H3/t13-,15+/m0/s1. The molecule has 0 radical (unpaired) electrons. The number of benzene rings is 1. The Bertz CT molecular complexity index is 606. The summed E-state index contributed by atoms with van der Waals surface area (Å²) in [6, 6.07) is 3.76. The van der Waals surface area contributed by atoms with Gasteiger partial charge >= 0.3 is 0 Å². The molecule has 0 bridgehead atoms. The van der Waals surface area contributed by atoms with Crippen LogP contribution in [0.3, 0.4) is 0 Å². The SMILES string of the molecule is COc1cc(C=C2C(=O)[C@@H](C(C)C)CC[C@@H]2C)cc(OC)c1OC. The summed E-state index contributed by atoms with van der Waals surface area (Å²) in [5.41, 5.74) is 1.79. The van der Waals surface area contributed by atoms with E-state index in [0.29, 0.717) is 23.2 Å². The summed E-state index contributed by atoms with van der Waals surface area (Å²) in [7, 11) is 4.77. The maximum Gasteiger partial charge on any atom is 0.203 e. The molecule has 0 aromatic heterocycles. The van der Waals surface area contributed by atoms with E-state index in [0.717, 1.165) is 24.0 Å². The highest BCUT2D eigenvalue weighted by Gasteiger charge is 2.32. The van der Waals surface area contributed by atoms with Crippen molar-refractivity contribution in [3.8, 4) is 17.2 Å². The fourth-order valence-corrected chi connectivity index (χ4v) is 3.39. The lowest BCUT2D eigenvalue weighted by Gasteiger charge is -2.30. The molecule has 0 saturated heterocycles. The number of hydrogen-bond acceptors (Lipinski definition) is 4. The Hall–Kier alpha value is -1.97. The first-order valence-electron chi connectivity index (χ1n) is 8.48. The molecule has 24 heavy (non-hydrogen) atoms. The van der Waals surface area contributed by atoms with Crippen LogP contribution in [0.4, 0.5) is 0 Å². The molecular weight excluding hydrogens is 304 g/mol. The summed E-state index contributed by atoms with van der Waals surface area (Å²) in [6.45, 7) is 6.36. The number of carbonyl (C=O) groups excluding carboxylic acids is 1. The maximum atomic E-state index is 12.9. The van der Waals surface area contributed by atoms with E-state index in [1.165, 1.54) is 0 Å². The predicted molar refractivity (Wildman–Crippen MR) is 95.8 cm³/mol. The van der Waals surface area contributed by atoms with Crippen LogP contribution < -0.4 is 14.2 Å². The van der Waals surface area contributed by atoms with Gasteiger partial charge in [-0.2, -0.15) is 0 Å². The van der Waals surface area contributed by atoms with Gasteiger partial charge in [-0.1, -0.05) is 20.8 Å². The van der Waals surface area contributed by atoms with Crippen molar-refractivity contribution < 1.29 is 19.0 Å². The van der Waals surface area contributed by atoms with Gasteiger partial charge in [0.05, 0.1) is 21.3 Å². The Kier molecular flexibility index (Phi) is 5.92. The van der Waals surface area contributed by atoms with E-state index in [2.05, 4.69) is 20.8 Å². The predicted octanol–water partition coefficient (Wildman–Crippen LogP) is 4.37. The van der Waals surface area contributed by atoms with Crippen LogP contribution in [0.5, 0.6) is 17.2 Å². The Morgan fingerprint density at radius 3 is 2.08 bits per heavy atom. The monoisotopic (exact) mass is 332 g/mol. The van der Waals surface area contributed by atoms with Crippen LogP contribution in [0.25, 0.3) is 6.08 Å². The van der Waals surface area contributed by atoms with E-state index in [4.69, 9.17) is 14.2 Å². The van der Waals surface area contributed by atoms with Gasteiger partial charge < -0.3 is 14.2 Å². The first-order chi connectivity index (χ1) is 11.4. The van der Waals surface area contributed by atoms with Crippen molar-refractivity contribution in [1.29, 1.82) is 0 Å². The molecule has 132 valence electrons. The highest BCUT2D eigenvalue weighted by Crippen LogP contribution is 2.40. The minimum Gasteiger partial charge on any atom is -0.493 e. The third-order valence-electron chi connectivity index (χ3n) is 4.88. The molecule has 0 spiro atoms. The number of allylic oxidation sites excluding steroid dienone is 1. The summed E-state index contributed by atoms with van der Waals surface area (Å²) < 4.78 is 16.2. The van der Waals surface area contributed by atoms with Gasteiger partial charge in [-0.05, 0) is 54.0 Å². The summed E-state index contributed by atoms with van der Waals surface area (Å²) in [4.78, 5) is 12.9. The molecule has 1 aromatic carbocycles. The normalized spacial score (nSPS) is 22.8. The fourth-order valence-electron chi connectivity index (χ4n) is 3.39. The Balaban J connectivity index is 2.47. The van der Waals surface area contributed by atoms with Crippen molar-refractivity contribution in [3.63, 3.8) is 0 Å². The maximum absolute atomic E-state index is 12.9. The van der Waals surface area contributed by atoms with Crippen LogP contribution in [-0.2, 0) is 4.79 Å². The number of rotatable bonds is 5. The smallest absolute Gasteiger partial charge is 0.203 e. The lowest BCUT2D eigenvalue weighted by molar-refractivity contribution is -0.122. The lowest BCUT2D eigenvalue weighted by atomic mass is 9.73. The summed E-state index contributed by atoms with van der Waals surface area (Å²) in [5.74, 6) is 2.79. The molecule has 0 amide bonds. The molecule has 4 heteroatoms. The second-order valence-electron chi connectivity index (χ2n) is 6.75. The minimum absolute atomic E-state index is 0.120. The minimum atomic E-state index is 0.120. The van der Waals surface area contributed by atoms with Gasteiger partial charge in [0.2, 0.25) is 5.75 Å². The number of ketones is 1. The van der Waals surface area contributed by atoms with Gasteiger partial charge in [0.1, 0.15) is 0 Å². The van der Waals surface area contributed by atoms with Crippen LogP contribution in [-0.4, -0.2) is 27.1 Å². The average molecular weight is 332 g/mol. The molecular formula is C20H28O4. The van der Waals surface area contributed by atoms with Crippen LogP contribution in [0, 0.1) is 17.8 Å². The summed E-state index contributed by atoms with van der Waals surface area (Å²) in [5, 5.41) is 0.